The predicted molar refractivity (Wildman–Crippen MR) is 115 cm³/mol. The minimum atomic E-state index is -0.482. The maximum absolute atomic E-state index is 13.5. The van der Waals surface area contributed by atoms with Crippen LogP contribution in [0.5, 0.6) is 0 Å². The van der Waals surface area contributed by atoms with Crippen molar-refractivity contribution in [2.24, 2.45) is 34.0 Å². The molecular weight excluding hydrogens is 332 g/mol. The van der Waals surface area contributed by atoms with Gasteiger partial charge in [0.2, 0.25) is 0 Å². The maximum atomic E-state index is 13.5. The number of fused-ring (bicyclic) bond motifs is 1. The topological polar surface area (TPSA) is 26.3 Å². The first-order chi connectivity index (χ1) is 12.2. The van der Waals surface area contributed by atoms with Crippen LogP contribution in [0.2, 0.25) is 0 Å². The highest BCUT2D eigenvalue weighted by atomic mass is 16.6. The van der Waals surface area contributed by atoms with Gasteiger partial charge in [-0.2, -0.15) is 0 Å². The summed E-state index contributed by atoms with van der Waals surface area (Å²) in [7, 11) is 0. The SMILES string of the molecule is CC(C)(C)CC(C)(C(=O)OC(C)(C)C1CCC2CCCCC2C1)C(C)(C)C. The van der Waals surface area contributed by atoms with Gasteiger partial charge in [-0.3, -0.25) is 4.79 Å². The molecule has 2 saturated carbocycles. The van der Waals surface area contributed by atoms with Gasteiger partial charge in [0.15, 0.2) is 0 Å². The monoisotopic (exact) mass is 378 g/mol. The predicted octanol–water partition coefficient (Wildman–Crippen LogP) is 7.40. The van der Waals surface area contributed by atoms with Crippen LogP contribution < -0.4 is 0 Å². The van der Waals surface area contributed by atoms with Gasteiger partial charge in [0, 0.05) is 0 Å². The largest absolute Gasteiger partial charge is 0.459 e. The van der Waals surface area contributed by atoms with Crippen molar-refractivity contribution < 1.29 is 9.53 Å². The summed E-state index contributed by atoms with van der Waals surface area (Å²) in [5, 5.41) is 0. The first kappa shape index (κ1) is 22.8. The van der Waals surface area contributed by atoms with Crippen LogP contribution >= 0.6 is 0 Å². The Labute approximate surface area is 169 Å². The fourth-order valence-electron chi connectivity index (χ4n) is 5.64. The van der Waals surface area contributed by atoms with Gasteiger partial charge in [0.1, 0.15) is 5.60 Å². The van der Waals surface area contributed by atoms with E-state index < -0.39 is 5.41 Å². The Morgan fingerprint density at radius 2 is 1.37 bits per heavy atom. The zero-order valence-corrected chi connectivity index (χ0v) is 19.7. The molecule has 0 aromatic rings. The van der Waals surface area contributed by atoms with Gasteiger partial charge in [-0.1, -0.05) is 67.2 Å². The molecule has 0 aliphatic heterocycles. The molecule has 2 aliphatic rings. The third kappa shape index (κ3) is 5.30. The summed E-state index contributed by atoms with van der Waals surface area (Å²) in [6, 6.07) is 0. The molecular formula is C25H46O2. The van der Waals surface area contributed by atoms with E-state index in [2.05, 4.69) is 62.3 Å². The van der Waals surface area contributed by atoms with Crippen molar-refractivity contribution in [2.75, 3.05) is 0 Å². The number of carbonyl (C=O) groups is 1. The highest BCUT2D eigenvalue weighted by molar-refractivity contribution is 5.78. The van der Waals surface area contributed by atoms with Crippen molar-refractivity contribution in [2.45, 2.75) is 119 Å². The lowest BCUT2D eigenvalue weighted by atomic mass is 9.61. The fraction of sp³-hybridized carbons (Fsp3) is 0.960. The van der Waals surface area contributed by atoms with Crippen LogP contribution in [0.3, 0.4) is 0 Å². The fourth-order valence-corrected chi connectivity index (χ4v) is 5.64. The van der Waals surface area contributed by atoms with E-state index in [0.29, 0.717) is 5.92 Å². The number of rotatable bonds is 4. The van der Waals surface area contributed by atoms with E-state index in [1.165, 1.54) is 44.9 Å². The average molecular weight is 379 g/mol. The summed E-state index contributed by atoms with van der Waals surface area (Å²) in [5.41, 5.74) is -0.895. The van der Waals surface area contributed by atoms with Crippen molar-refractivity contribution in [1.82, 2.24) is 0 Å². The van der Waals surface area contributed by atoms with Gasteiger partial charge < -0.3 is 4.74 Å². The van der Waals surface area contributed by atoms with Gasteiger partial charge in [-0.05, 0) is 75.0 Å². The minimum Gasteiger partial charge on any atom is -0.459 e. The molecule has 0 bridgehead atoms. The highest BCUT2D eigenvalue weighted by Crippen LogP contribution is 2.50. The Morgan fingerprint density at radius 1 is 0.815 bits per heavy atom. The zero-order valence-electron chi connectivity index (χ0n) is 19.7. The number of hydrogen-bond acceptors (Lipinski definition) is 2. The summed E-state index contributed by atoms with van der Waals surface area (Å²) in [5.74, 6) is 2.29. The summed E-state index contributed by atoms with van der Waals surface area (Å²) < 4.78 is 6.36. The second kappa shape index (κ2) is 7.71. The molecule has 0 heterocycles. The molecule has 158 valence electrons. The third-order valence-corrected chi connectivity index (χ3v) is 7.87. The lowest BCUT2D eigenvalue weighted by Crippen LogP contribution is -2.49. The summed E-state index contributed by atoms with van der Waals surface area (Å²) in [4.78, 5) is 13.5. The van der Waals surface area contributed by atoms with Gasteiger partial charge in [0.05, 0.1) is 5.41 Å². The molecule has 2 fully saturated rings. The Hall–Kier alpha value is -0.530. The van der Waals surface area contributed by atoms with Crippen molar-refractivity contribution >= 4 is 5.97 Å². The molecule has 0 aromatic heterocycles. The van der Waals surface area contributed by atoms with E-state index in [-0.39, 0.29) is 22.4 Å². The van der Waals surface area contributed by atoms with E-state index in [1.807, 2.05) is 0 Å². The van der Waals surface area contributed by atoms with E-state index in [9.17, 15) is 4.79 Å². The van der Waals surface area contributed by atoms with Gasteiger partial charge in [-0.15, -0.1) is 0 Å². The lowest BCUT2D eigenvalue weighted by molar-refractivity contribution is -0.185. The van der Waals surface area contributed by atoms with Crippen molar-refractivity contribution in [3.8, 4) is 0 Å². The summed E-state index contributed by atoms with van der Waals surface area (Å²) >= 11 is 0. The van der Waals surface area contributed by atoms with E-state index in [1.54, 1.807) is 0 Å². The van der Waals surface area contributed by atoms with Gasteiger partial charge in [-0.25, -0.2) is 0 Å². The molecule has 2 nitrogen and oxygen atoms in total. The first-order valence-corrected chi connectivity index (χ1v) is 11.4. The Morgan fingerprint density at radius 3 is 1.89 bits per heavy atom. The van der Waals surface area contributed by atoms with E-state index in [0.717, 1.165) is 18.3 Å². The zero-order chi connectivity index (χ0) is 20.7. The Balaban J connectivity index is 2.13. The van der Waals surface area contributed by atoms with Gasteiger partial charge in [0.25, 0.3) is 0 Å². The van der Waals surface area contributed by atoms with Crippen molar-refractivity contribution in [3.63, 3.8) is 0 Å². The molecule has 2 heteroatoms. The molecule has 4 unspecified atom stereocenters. The van der Waals surface area contributed by atoms with Gasteiger partial charge >= 0.3 is 5.97 Å². The smallest absolute Gasteiger partial charge is 0.312 e. The number of esters is 1. The maximum Gasteiger partial charge on any atom is 0.312 e. The summed E-state index contributed by atoms with van der Waals surface area (Å²) in [6.45, 7) is 19.7. The number of hydrogen-bond donors (Lipinski definition) is 0. The molecule has 27 heavy (non-hydrogen) atoms. The Kier molecular flexibility index (Phi) is 6.50. The molecule has 2 rings (SSSR count). The standard InChI is InChI=1S/C25H46O2/c1-22(2,3)17-25(9,23(4,5)6)21(26)27-24(7,8)20-15-14-18-12-10-11-13-19(18)16-20/h18-20H,10-17H2,1-9H3. The Bertz CT molecular complexity index is 519. The van der Waals surface area contributed by atoms with Crippen LogP contribution in [0, 0.1) is 34.0 Å². The third-order valence-electron chi connectivity index (χ3n) is 7.87. The van der Waals surface area contributed by atoms with Crippen molar-refractivity contribution in [1.29, 1.82) is 0 Å². The lowest BCUT2D eigenvalue weighted by Gasteiger charge is -2.48. The second-order valence-corrected chi connectivity index (χ2v) is 12.6. The van der Waals surface area contributed by atoms with E-state index >= 15 is 0 Å². The molecule has 0 spiro atoms. The molecule has 0 aromatic carbocycles. The number of carbonyl (C=O) groups excluding carboxylic acids is 1. The normalized spacial score (nSPS) is 29.6. The molecule has 0 saturated heterocycles. The first-order valence-electron chi connectivity index (χ1n) is 11.4. The average Bonchev–Trinajstić information content (AvgIpc) is 2.51. The van der Waals surface area contributed by atoms with E-state index in [4.69, 9.17) is 4.74 Å². The summed E-state index contributed by atoms with van der Waals surface area (Å²) in [6.07, 6.45) is 10.2. The van der Waals surface area contributed by atoms with Crippen LogP contribution in [0.15, 0.2) is 0 Å². The molecule has 2 aliphatic carbocycles. The van der Waals surface area contributed by atoms with Crippen LogP contribution in [-0.4, -0.2) is 11.6 Å². The van der Waals surface area contributed by atoms with Crippen molar-refractivity contribution in [3.05, 3.63) is 0 Å². The molecule has 0 amide bonds. The van der Waals surface area contributed by atoms with Crippen LogP contribution in [0.1, 0.15) is 114 Å². The second-order valence-electron chi connectivity index (χ2n) is 12.6. The molecule has 0 N–H and O–H groups in total. The van der Waals surface area contributed by atoms with Crippen LogP contribution in [-0.2, 0) is 9.53 Å². The van der Waals surface area contributed by atoms with Crippen LogP contribution in [0.4, 0.5) is 0 Å². The molecule has 0 radical (unpaired) electrons. The molecule has 4 atom stereocenters. The van der Waals surface area contributed by atoms with Crippen LogP contribution in [0.25, 0.3) is 0 Å². The quantitative estimate of drug-likeness (QED) is 0.476. The minimum absolute atomic E-state index is 0.000641. The number of ether oxygens (including phenoxy) is 1. The highest BCUT2D eigenvalue weighted by Gasteiger charge is 2.50.